The average molecular weight is 484 g/mol. The van der Waals surface area contributed by atoms with Crippen molar-refractivity contribution < 1.29 is 23.8 Å². The Morgan fingerprint density at radius 1 is 0.944 bits per heavy atom. The van der Waals surface area contributed by atoms with Crippen LogP contribution in [0.15, 0.2) is 73.2 Å². The van der Waals surface area contributed by atoms with Gasteiger partial charge in [0.05, 0.1) is 29.6 Å². The number of hydrogen-bond acceptors (Lipinski definition) is 7. The van der Waals surface area contributed by atoms with Crippen molar-refractivity contribution in [2.24, 2.45) is 0 Å². The van der Waals surface area contributed by atoms with Crippen molar-refractivity contribution in [3.63, 3.8) is 0 Å². The van der Waals surface area contributed by atoms with E-state index in [1.807, 2.05) is 50.5 Å². The molecular formula is C28H25N3O5. The van der Waals surface area contributed by atoms with Crippen LogP contribution in [0.5, 0.6) is 11.5 Å². The van der Waals surface area contributed by atoms with Gasteiger partial charge < -0.3 is 29.7 Å². The molecule has 0 spiro atoms. The molecule has 0 bridgehead atoms. The maximum atomic E-state index is 13.3. The third kappa shape index (κ3) is 4.54. The van der Waals surface area contributed by atoms with Gasteiger partial charge in [0.2, 0.25) is 0 Å². The topological polar surface area (TPSA) is 89.1 Å². The van der Waals surface area contributed by atoms with Crippen LogP contribution in [0.25, 0.3) is 11.3 Å². The lowest BCUT2D eigenvalue weighted by molar-refractivity contribution is -0.110. The molecule has 3 aromatic carbocycles. The molecule has 5 rings (SSSR count). The Balaban J connectivity index is 1.61. The van der Waals surface area contributed by atoms with E-state index in [4.69, 9.17) is 14.2 Å². The minimum absolute atomic E-state index is 0.284. The highest BCUT2D eigenvalue weighted by Crippen LogP contribution is 2.40. The number of carbonyl (C=O) groups is 2. The van der Waals surface area contributed by atoms with E-state index in [2.05, 4.69) is 15.5 Å². The van der Waals surface area contributed by atoms with Gasteiger partial charge in [0.1, 0.15) is 12.5 Å². The van der Waals surface area contributed by atoms with Gasteiger partial charge in [-0.25, -0.2) is 4.79 Å². The molecule has 0 aromatic heterocycles. The van der Waals surface area contributed by atoms with Crippen molar-refractivity contribution in [3.05, 3.63) is 95.4 Å². The molecule has 0 saturated heterocycles. The van der Waals surface area contributed by atoms with Crippen LogP contribution in [0.3, 0.4) is 0 Å². The third-order valence-electron chi connectivity index (χ3n) is 5.84. The molecule has 2 aliphatic heterocycles. The number of benzene rings is 3. The second-order valence-electron chi connectivity index (χ2n) is 8.69. The summed E-state index contributed by atoms with van der Waals surface area (Å²) in [5.74, 6) is 0.364. The molecular weight excluding hydrogens is 458 g/mol. The fraction of sp³-hybridized carbons (Fsp3) is 0.143. The van der Waals surface area contributed by atoms with E-state index in [-0.39, 0.29) is 5.91 Å². The molecule has 8 heteroatoms. The van der Waals surface area contributed by atoms with Gasteiger partial charge in [0, 0.05) is 23.4 Å². The highest BCUT2D eigenvalue weighted by atomic mass is 16.5. The molecule has 36 heavy (non-hydrogen) atoms. The summed E-state index contributed by atoms with van der Waals surface area (Å²) in [7, 11) is 5.36. The lowest BCUT2D eigenvalue weighted by Gasteiger charge is -2.18. The first-order valence-electron chi connectivity index (χ1n) is 11.3. The Labute approximate surface area is 208 Å². The zero-order chi connectivity index (χ0) is 25.2. The summed E-state index contributed by atoms with van der Waals surface area (Å²) >= 11 is 0. The Morgan fingerprint density at radius 3 is 2.39 bits per heavy atom. The normalized spacial score (nSPS) is 14.8. The third-order valence-corrected chi connectivity index (χ3v) is 5.84. The first-order chi connectivity index (χ1) is 17.4. The Kier molecular flexibility index (Phi) is 6.18. The molecule has 2 N–H and O–H groups in total. The van der Waals surface area contributed by atoms with Crippen LogP contribution >= 0.6 is 0 Å². The standard InChI is InChI=1S/C28H25N3O5/c1-31(2)16-17-4-8-20(9-5-17)29-26(18-7-11-23-24(15-18)36-13-12-35-23)25-21-10-6-19(28(33)34-3)14-22(21)30-27(25)32/h4-15,29H,16H2,1-3H3,(H,30,32)/b26-25-. The number of nitrogens with zero attached hydrogens (tertiary/aromatic N) is 1. The van der Waals surface area contributed by atoms with Crippen LogP contribution in [0, 0.1) is 0 Å². The number of hydrogen-bond donors (Lipinski definition) is 2. The lowest BCUT2D eigenvalue weighted by Crippen LogP contribution is -2.11. The summed E-state index contributed by atoms with van der Waals surface area (Å²) in [6.45, 7) is 0.822. The predicted molar refractivity (Wildman–Crippen MR) is 138 cm³/mol. The fourth-order valence-electron chi connectivity index (χ4n) is 4.20. The zero-order valence-corrected chi connectivity index (χ0v) is 20.1. The quantitative estimate of drug-likeness (QED) is 0.388. The summed E-state index contributed by atoms with van der Waals surface area (Å²) in [5.41, 5.74) is 5.35. The lowest BCUT2D eigenvalue weighted by atomic mass is 9.98. The first kappa shape index (κ1) is 23.2. The number of esters is 1. The summed E-state index contributed by atoms with van der Waals surface area (Å²) < 4.78 is 15.9. The molecule has 182 valence electrons. The van der Waals surface area contributed by atoms with Gasteiger partial charge >= 0.3 is 5.97 Å². The van der Waals surface area contributed by atoms with Crippen molar-refractivity contribution in [1.82, 2.24) is 4.90 Å². The number of carbonyl (C=O) groups excluding carboxylic acids is 2. The number of methoxy groups -OCH3 is 1. The number of ether oxygens (including phenoxy) is 3. The molecule has 0 aliphatic carbocycles. The fourth-order valence-corrected chi connectivity index (χ4v) is 4.20. The maximum Gasteiger partial charge on any atom is 0.337 e. The van der Waals surface area contributed by atoms with E-state index in [0.717, 1.165) is 17.8 Å². The molecule has 0 unspecified atom stereocenters. The largest absolute Gasteiger partial charge is 0.465 e. The molecule has 3 aromatic rings. The highest BCUT2D eigenvalue weighted by Gasteiger charge is 2.30. The monoisotopic (exact) mass is 483 g/mol. The molecule has 2 aliphatic rings. The van der Waals surface area contributed by atoms with Gasteiger partial charge in [0.15, 0.2) is 11.5 Å². The smallest absolute Gasteiger partial charge is 0.337 e. The minimum Gasteiger partial charge on any atom is -0.465 e. The number of rotatable bonds is 6. The van der Waals surface area contributed by atoms with Crippen molar-refractivity contribution in [1.29, 1.82) is 0 Å². The van der Waals surface area contributed by atoms with Crippen LogP contribution in [0.2, 0.25) is 0 Å². The van der Waals surface area contributed by atoms with Crippen LogP contribution in [-0.2, 0) is 16.1 Å². The number of amides is 1. The van der Waals surface area contributed by atoms with E-state index in [0.29, 0.717) is 39.6 Å². The van der Waals surface area contributed by atoms with E-state index in [1.165, 1.54) is 25.2 Å². The van der Waals surface area contributed by atoms with Crippen molar-refractivity contribution in [2.75, 3.05) is 31.8 Å². The Bertz CT molecular complexity index is 1410. The first-order valence-corrected chi connectivity index (χ1v) is 11.3. The summed E-state index contributed by atoms with van der Waals surface area (Å²) in [6, 6.07) is 18.6. The van der Waals surface area contributed by atoms with Crippen LogP contribution < -0.4 is 20.1 Å². The second kappa shape index (κ2) is 9.59. The van der Waals surface area contributed by atoms with Crippen molar-refractivity contribution in [2.45, 2.75) is 6.54 Å². The van der Waals surface area contributed by atoms with E-state index >= 15 is 0 Å². The number of anilines is 2. The van der Waals surface area contributed by atoms with Crippen LogP contribution in [0.4, 0.5) is 11.4 Å². The minimum atomic E-state index is -0.472. The molecule has 0 radical (unpaired) electrons. The van der Waals surface area contributed by atoms with Crippen molar-refractivity contribution in [3.8, 4) is 11.5 Å². The van der Waals surface area contributed by atoms with Gasteiger partial charge in [-0.1, -0.05) is 18.2 Å². The molecule has 0 atom stereocenters. The van der Waals surface area contributed by atoms with E-state index in [1.54, 1.807) is 24.3 Å². The van der Waals surface area contributed by atoms with Gasteiger partial charge in [-0.3, -0.25) is 4.79 Å². The second-order valence-corrected chi connectivity index (χ2v) is 8.69. The highest BCUT2D eigenvalue weighted by molar-refractivity contribution is 6.37. The maximum absolute atomic E-state index is 13.3. The van der Waals surface area contributed by atoms with Gasteiger partial charge in [-0.15, -0.1) is 0 Å². The number of fused-ring (bicyclic) bond motifs is 2. The summed E-state index contributed by atoms with van der Waals surface area (Å²) in [4.78, 5) is 27.4. The number of nitrogens with one attached hydrogen (secondary N) is 2. The SMILES string of the molecule is COC(=O)c1ccc2c(c1)NC(=O)/C2=C(\Nc1ccc(CN(C)C)cc1)c1ccc2c(c1)OC=CO2. The molecule has 8 nitrogen and oxygen atoms in total. The van der Waals surface area contributed by atoms with Crippen LogP contribution in [-0.4, -0.2) is 38.0 Å². The van der Waals surface area contributed by atoms with Gasteiger partial charge in [-0.05, 0) is 62.1 Å². The van der Waals surface area contributed by atoms with Gasteiger partial charge in [-0.2, -0.15) is 0 Å². The van der Waals surface area contributed by atoms with Crippen LogP contribution in [0.1, 0.15) is 27.0 Å². The van der Waals surface area contributed by atoms with Crippen molar-refractivity contribution >= 4 is 34.5 Å². The predicted octanol–water partition coefficient (Wildman–Crippen LogP) is 4.71. The Morgan fingerprint density at radius 2 is 1.67 bits per heavy atom. The molecule has 1 amide bonds. The van der Waals surface area contributed by atoms with E-state index < -0.39 is 5.97 Å². The summed E-state index contributed by atoms with van der Waals surface area (Å²) in [5, 5.41) is 6.32. The zero-order valence-electron chi connectivity index (χ0n) is 20.1. The van der Waals surface area contributed by atoms with E-state index in [9.17, 15) is 9.59 Å². The molecule has 0 fully saturated rings. The average Bonchev–Trinajstić information content (AvgIpc) is 3.21. The van der Waals surface area contributed by atoms with Gasteiger partial charge in [0.25, 0.3) is 5.91 Å². The molecule has 0 saturated carbocycles. The molecule has 2 heterocycles. The Hall–Kier alpha value is -4.56. The summed E-state index contributed by atoms with van der Waals surface area (Å²) in [6.07, 6.45) is 2.93.